The van der Waals surface area contributed by atoms with Gasteiger partial charge in [0, 0.05) is 11.1 Å². The molecule has 6 nitrogen and oxygen atoms in total. The van der Waals surface area contributed by atoms with E-state index in [0.29, 0.717) is 34.2 Å². The molecule has 0 aliphatic carbocycles. The fraction of sp³-hybridized carbons (Fsp3) is 0.0833. The molecule has 1 aromatic heterocycles. The highest BCUT2D eigenvalue weighted by Crippen LogP contribution is 2.30. The summed E-state index contributed by atoms with van der Waals surface area (Å²) in [5, 5.41) is 2.89. The number of rotatable bonds is 6. The largest absolute Gasteiger partial charge is 0.497 e. The molecule has 0 radical (unpaired) electrons. The van der Waals surface area contributed by atoms with Gasteiger partial charge in [-0.15, -0.1) is 0 Å². The Morgan fingerprint density at radius 3 is 2.40 bits per heavy atom. The quantitative estimate of drug-likeness (QED) is 0.477. The zero-order valence-corrected chi connectivity index (χ0v) is 16.6. The van der Waals surface area contributed by atoms with E-state index < -0.39 is 0 Å². The Bertz CT molecular complexity index is 1170. The van der Waals surface area contributed by atoms with Gasteiger partial charge >= 0.3 is 0 Å². The lowest BCUT2D eigenvalue weighted by atomic mass is 10.1. The van der Waals surface area contributed by atoms with Crippen molar-refractivity contribution in [2.45, 2.75) is 0 Å². The summed E-state index contributed by atoms with van der Waals surface area (Å²) in [5.74, 6) is 2.04. The third-order valence-electron chi connectivity index (χ3n) is 4.64. The number of carbonyl (C=O) groups excluding carboxylic acids is 1. The maximum atomic E-state index is 13.0. The van der Waals surface area contributed by atoms with Crippen LogP contribution in [0.4, 0.5) is 5.69 Å². The van der Waals surface area contributed by atoms with Gasteiger partial charge in [-0.3, -0.25) is 4.79 Å². The zero-order chi connectivity index (χ0) is 20.9. The number of carbonyl (C=O) groups is 1. The van der Waals surface area contributed by atoms with Crippen molar-refractivity contribution in [3.05, 3.63) is 84.6 Å². The molecule has 0 unspecified atom stereocenters. The number of para-hydroxylation sites is 2. The fourth-order valence-electron chi connectivity index (χ4n) is 3.09. The Morgan fingerprint density at radius 2 is 1.63 bits per heavy atom. The van der Waals surface area contributed by atoms with Crippen molar-refractivity contribution in [1.29, 1.82) is 0 Å². The average molecular weight is 400 g/mol. The summed E-state index contributed by atoms with van der Waals surface area (Å²) in [4.78, 5) is 17.4. The van der Waals surface area contributed by atoms with Crippen molar-refractivity contribution in [1.82, 2.24) is 4.98 Å². The number of nitrogens with one attached hydrogen (secondary N) is 1. The second kappa shape index (κ2) is 8.53. The summed E-state index contributed by atoms with van der Waals surface area (Å²) in [6.07, 6.45) is 1.64. The van der Waals surface area contributed by atoms with E-state index in [1.165, 1.54) is 0 Å². The van der Waals surface area contributed by atoms with Gasteiger partial charge in [0.25, 0.3) is 5.91 Å². The van der Waals surface area contributed by atoms with Gasteiger partial charge in [-0.2, -0.15) is 0 Å². The minimum atomic E-state index is -0.278. The summed E-state index contributed by atoms with van der Waals surface area (Å²) >= 11 is 0. The standard InChI is InChI=1S/C24H20N2O4/c1-28-17-13-11-16(12-14-17)22-15-25-24(30-22)19-8-4-3-7-18(19)23(27)26-20-9-5-6-10-21(20)29-2/h3-15H,1-2H3,(H,26,27). The van der Waals surface area contributed by atoms with Crippen LogP contribution in [0.3, 0.4) is 0 Å². The molecule has 0 aliphatic heterocycles. The molecule has 150 valence electrons. The first-order valence-corrected chi connectivity index (χ1v) is 9.33. The molecule has 0 fully saturated rings. The molecule has 30 heavy (non-hydrogen) atoms. The van der Waals surface area contributed by atoms with Gasteiger partial charge in [0.15, 0.2) is 5.76 Å². The average Bonchev–Trinajstić information content (AvgIpc) is 3.29. The van der Waals surface area contributed by atoms with Gasteiger partial charge in [-0.05, 0) is 48.5 Å². The molecule has 1 heterocycles. The molecule has 0 aliphatic rings. The SMILES string of the molecule is COc1ccc(-c2cnc(-c3ccccc3C(=O)Nc3ccccc3OC)o2)cc1. The molecule has 0 bridgehead atoms. The molecule has 1 amide bonds. The Hall–Kier alpha value is -4.06. The summed E-state index contributed by atoms with van der Waals surface area (Å²) in [6.45, 7) is 0. The van der Waals surface area contributed by atoms with E-state index in [0.717, 1.165) is 11.3 Å². The molecule has 0 saturated heterocycles. The Morgan fingerprint density at radius 1 is 0.900 bits per heavy atom. The van der Waals surface area contributed by atoms with Crippen LogP contribution in [0.5, 0.6) is 11.5 Å². The summed E-state index contributed by atoms with van der Waals surface area (Å²) in [7, 11) is 3.18. The predicted octanol–water partition coefficient (Wildman–Crippen LogP) is 5.28. The van der Waals surface area contributed by atoms with E-state index in [-0.39, 0.29) is 5.91 Å². The van der Waals surface area contributed by atoms with Crippen LogP contribution in [0.1, 0.15) is 10.4 Å². The van der Waals surface area contributed by atoms with Crippen LogP contribution in [-0.2, 0) is 0 Å². The number of ether oxygens (including phenoxy) is 2. The van der Waals surface area contributed by atoms with Crippen LogP contribution in [-0.4, -0.2) is 25.1 Å². The minimum absolute atomic E-state index is 0.278. The van der Waals surface area contributed by atoms with Crippen molar-refractivity contribution in [2.75, 3.05) is 19.5 Å². The molecule has 3 aromatic carbocycles. The monoisotopic (exact) mass is 400 g/mol. The van der Waals surface area contributed by atoms with Gasteiger partial charge in [-0.1, -0.05) is 24.3 Å². The smallest absolute Gasteiger partial charge is 0.256 e. The normalized spacial score (nSPS) is 10.5. The molecule has 4 aromatic rings. The van der Waals surface area contributed by atoms with Gasteiger partial charge in [0.2, 0.25) is 5.89 Å². The van der Waals surface area contributed by atoms with E-state index in [4.69, 9.17) is 13.9 Å². The summed E-state index contributed by atoms with van der Waals surface area (Å²) in [6, 6.07) is 21.9. The number of hydrogen-bond donors (Lipinski definition) is 1. The van der Waals surface area contributed by atoms with Crippen molar-refractivity contribution < 1.29 is 18.7 Å². The minimum Gasteiger partial charge on any atom is -0.497 e. The van der Waals surface area contributed by atoms with Crippen LogP contribution in [0.25, 0.3) is 22.8 Å². The van der Waals surface area contributed by atoms with Gasteiger partial charge < -0.3 is 19.2 Å². The Kier molecular flexibility index (Phi) is 5.48. The van der Waals surface area contributed by atoms with Crippen LogP contribution in [0, 0.1) is 0 Å². The van der Waals surface area contributed by atoms with Crippen molar-refractivity contribution >= 4 is 11.6 Å². The topological polar surface area (TPSA) is 73.6 Å². The van der Waals surface area contributed by atoms with Crippen LogP contribution in [0.15, 0.2) is 83.4 Å². The maximum absolute atomic E-state index is 13.0. The van der Waals surface area contributed by atoms with E-state index in [1.54, 1.807) is 50.7 Å². The molecular formula is C24H20N2O4. The van der Waals surface area contributed by atoms with E-state index in [1.807, 2.05) is 42.5 Å². The van der Waals surface area contributed by atoms with Crippen molar-refractivity contribution in [3.8, 4) is 34.3 Å². The van der Waals surface area contributed by atoms with Crippen LogP contribution >= 0.6 is 0 Å². The summed E-state index contributed by atoms with van der Waals surface area (Å²) < 4.78 is 16.5. The lowest BCUT2D eigenvalue weighted by Crippen LogP contribution is -2.13. The van der Waals surface area contributed by atoms with Crippen molar-refractivity contribution in [3.63, 3.8) is 0 Å². The first-order chi connectivity index (χ1) is 14.7. The highest BCUT2D eigenvalue weighted by atomic mass is 16.5. The number of aromatic nitrogens is 1. The van der Waals surface area contributed by atoms with E-state index in [9.17, 15) is 4.79 Å². The summed E-state index contributed by atoms with van der Waals surface area (Å²) in [5.41, 5.74) is 2.51. The number of nitrogens with zero attached hydrogens (tertiary/aromatic N) is 1. The first-order valence-electron chi connectivity index (χ1n) is 9.33. The number of methoxy groups -OCH3 is 2. The van der Waals surface area contributed by atoms with Crippen molar-refractivity contribution in [2.24, 2.45) is 0 Å². The van der Waals surface area contributed by atoms with E-state index >= 15 is 0 Å². The number of hydrogen-bond acceptors (Lipinski definition) is 5. The lowest BCUT2D eigenvalue weighted by molar-refractivity contribution is 0.102. The lowest BCUT2D eigenvalue weighted by Gasteiger charge is -2.11. The number of benzene rings is 3. The molecule has 0 saturated carbocycles. The number of oxazole rings is 1. The van der Waals surface area contributed by atoms with Crippen LogP contribution < -0.4 is 14.8 Å². The molecular weight excluding hydrogens is 380 g/mol. The third kappa shape index (κ3) is 3.89. The second-order valence-corrected chi connectivity index (χ2v) is 6.46. The van der Waals surface area contributed by atoms with Gasteiger partial charge in [0.1, 0.15) is 11.5 Å². The third-order valence-corrected chi connectivity index (χ3v) is 4.64. The highest BCUT2D eigenvalue weighted by molar-refractivity contribution is 6.08. The molecule has 0 spiro atoms. The molecule has 4 rings (SSSR count). The maximum Gasteiger partial charge on any atom is 0.256 e. The molecule has 0 atom stereocenters. The highest BCUT2D eigenvalue weighted by Gasteiger charge is 2.18. The Balaban J connectivity index is 1.63. The van der Waals surface area contributed by atoms with Gasteiger partial charge in [-0.25, -0.2) is 4.98 Å². The molecule has 6 heteroatoms. The number of anilines is 1. The Labute approximate surface area is 174 Å². The number of amides is 1. The van der Waals surface area contributed by atoms with Crippen LogP contribution in [0.2, 0.25) is 0 Å². The van der Waals surface area contributed by atoms with E-state index in [2.05, 4.69) is 10.3 Å². The second-order valence-electron chi connectivity index (χ2n) is 6.46. The van der Waals surface area contributed by atoms with Gasteiger partial charge in [0.05, 0.1) is 31.7 Å². The fourth-order valence-corrected chi connectivity index (χ4v) is 3.09. The molecule has 1 N–H and O–H groups in total. The zero-order valence-electron chi connectivity index (χ0n) is 16.6. The first kappa shape index (κ1) is 19.3. The predicted molar refractivity (Wildman–Crippen MR) is 115 cm³/mol.